The second kappa shape index (κ2) is 5.32. The lowest BCUT2D eigenvalue weighted by molar-refractivity contribution is 0.149. The molecule has 0 fully saturated rings. The fraction of sp³-hybridized carbons (Fsp3) is 0.333. The van der Waals surface area contributed by atoms with Gasteiger partial charge in [-0.1, -0.05) is 0 Å². The van der Waals surface area contributed by atoms with Crippen LogP contribution in [0.25, 0.3) is 0 Å². The standard InChI is InChI=1S/C9H8F2IN3/c10-9(11)5-3-6(12)7(1-2-13)15-8(5)4-14/h3,9H,1,4,14H2. The van der Waals surface area contributed by atoms with Crippen molar-refractivity contribution < 1.29 is 8.78 Å². The topological polar surface area (TPSA) is 62.7 Å². The summed E-state index contributed by atoms with van der Waals surface area (Å²) < 4.78 is 25.7. The Labute approximate surface area is 99.4 Å². The Hall–Kier alpha value is -0.810. The molecule has 0 radical (unpaired) electrons. The summed E-state index contributed by atoms with van der Waals surface area (Å²) in [5.41, 5.74) is 5.84. The van der Waals surface area contributed by atoms with Crippen molar-refractivity contribution in [2.75, 3.05) is 0 Å². The summed E-state index contributed by atoms with van der Waals surface area (Å²) in [4.78, 5) is 3.97. The van der Waals surface area contributed by atoms with Gasteiger partial charge in [0.1, 0.15) is 0 Å². The van der Waals surface area contributed by atoms with Crippen LogP contribution in [0.4, 0.5) is 8.78 Å². The van der Waals surface area contributed by atoms with E-state index in [9.17, 15) is 8.78 Å². The van der Waals surface area contributed by atoms with E-state index in [-0.39, 0.29) is 24.2 Å². The van der Waals surface area contributed by atoms with Gasteiger partial charge in [0, 0.05) is 15.7 Å². The van der Waals surface area contributed by atoms with Crippen LogP contribution in [0.3, 0.4) is 0 Å². The summed E-state index contributed by atoms with van der Waals surface area (Å²) in [6.45, 7) is -0.0466. The molecular formula is C9H8F2IN3. The van der Waals surface area contributed by atoms with E-state index in [4.69, 9.17) is 11.0 Å². The molecule has 1 aromatic heterocycles. The molecule has 80 valence electrons. The Kier molecular flexibility index (Phi) is 4.35. The molecule has 1 aromatic rings. The molecule has 0 saturated heterocycles. The SMILES string of the molecule is N#CCc1nc(CN)c(C(F)F)cc1I. The number of aromatic nitrogens is 1. The highest BCUT2D eigenvalue weighted by Gasteiger charge is 2.16. The van der Waals surface area contributed by atoms with Crippen molar-refractivity contribution in [2.24, 2.45) is 5.73 Å². The summed E-state index contributed by atoms with van der Waals surface area (Å²) in [7, 11) is 0. The van der Waals surface area contributed by atoms with Gasteiger partial charge in [0.2, 0.25) is 0 Å². The monoisotopic (exact) mass is 323 g/mol. The highest BCUT2D eigenvalue weighted by Crippen LogP contribution is 2.25. The van der Waals surface area contributed by atoms with Crippen molar-refractivity contribution >= 4 is 22.6 Å². The first-order valence-electron chi connectivity index (χ1n) is 4.13. The number of nitrogens with two attached hydrogens (primary N) is 1. The first kappa shape index (κ1) is 12.3. The molecule has 0 unspecified atom stereocenters. The number of rotatable bonds is 3. The number of hydrogen-bond donors (Lipinski definition) is 1. The molecular weight excluding hydrogens is 315 g/mol. The van der Waals surface area contributed by atoms with E-state index in [0.29, 0.717) is 9.26 Å². The molecule has 15 heavy (non-hydrogen) atoms. The molecule has 0 bridgehead atoms. The van der Waals surface area contributed by atoms with Crippen LogP contribution in [0, 0.1) is 14.9 Å². The molecule has 0 spiro atoms. The van der Waals surface area contributed by atoms with Gasteiger partial charge < -0.3 is 5.73 Å². The predicted octanol–water partition coefficient (Wildman–Crippen LogP) is 2.15. The van der Waals surface area contributed by atoms with Gasteiger partial charge in [-0.2, -0.15) is 5.26 Å². The van der Waals surface area contributed by atoms with Crippen LogP contribution in [0.1, 0.15) is 23.4 Å². The molecule has 1 rings (SSSR count). The Morgan fingerprint density at radius 1 is 1.53 bits per heavy atom. The number of nitrogens with zero attached hydrogens (tertiary/aromatic N) is 2. The summed E-state index contributed by atoms with van der Waals surface area (Å²) in [5.74, 6) is 0. The summed E-state index contributed by atoms with van der Waals surface area (Å²) in [6, 6.07) is 3.27. The van der Waals surface area contributed by atoms with Crippen LogP contribution >= 0.6 is 22.6 Å². The highest BCUT2D eigenvalue weighted by atomic mass is 127. The van der Waals surface area contributed by atoms with Crippen LogP contribution in [0.2, 0.25) is 0 Å². The maximum absolute atomic E-state index is 12.5. The lowest BCUT2D eigenvalue weighted by Crippen LogP contribution is -2.08. The van der Waals surface area contributed by atoms with E-state index in [2.05, 4.69) is 4.98 Å². The molecule has 3 nitrogen and oxygen atoms in total. The fourth-order valence-electron chi connectivity index (χ4n) is 1.14. The van der Waals surface area contributed by atoms with Crippen molar-refractivity contribution in [3.05, 3.63) is 26.6 Å². The first-order valence-corrected chi connectivity index (χ1v) is 5.21. The van der Waals surface area contributed by atoms with Gasteiger partial charge in [0.05, 0.1) is 23.9 Å². The Balaban J connectivity index is 3.24. The molecule has 0 aliphatic rings. The van der Waals surface area contributed by atoms with E-state index in [0.717, 1.165) is 0 Å². The second-order valence-corrected chi connectivity index (χ2v) is 3.95. The smallest absolute Gasteiger partial charge is 0.265 e. The molecule has 0 saturated carbocycles. The first-order chi connectivity index (χ1) is 7.10. The Bertz CT molecular complexity index is 401. The molecule has 6 heteroatoms. The molecule has 0 aromatic carbocycles. The summed E-state index contributed by atoms with van der Waals surface area (Å²) in [6.07, 6.45) is -2.48. The normalized spacial score (nSPS) is 10.4. The van der Waals surface area contributed by atoms with Gasteiger partial charge >= 0.3 is 0 Å². The third-order valence-electron chi connectivity index (χ3n) is 1.84. The van der Waals surface area contributed by atoms with Gasteiger partial charge in [-0.25, -0.2) is 8.78 Å². The molecule has 0 aliphatic heterocycles. The van der Waals surface area contributed by atoms with Crippen LogP contribution < -0.4 is 5.73 Å². The van der Waals surface area contributed by atoms with Crippen LogP contribution in [-0.4, -0.2) is 4.98 Å². The van der Waals surface area contributed by atoms with Crippen molar-refractivity contribution in [1.82, 2.24) is 4.98 Å². The van der Waals surface area contributed by atoms with E-state index in [1.807, 2.05) is 28.7 Å². The lowest BCUT2D eigenvalue weighted by Gasteiger charge is -2.09. The molecule has 0 atom stereocenters. The molecule has 0 aliphatic carbocycles. The zero-order valence-electron chi connectivity index (χ0n) is 7.67. The maximum Gasteiger partial charge on any atom is 0.265 e. The van der Waals surface area contributed by atoms with Gasteiger partial charge in [0.15, 0.2) is 0 Å². The second-order valence-electron chi connectivity index (χ2n) is 2.79. The number of halogens is 3. The van der Waals surface area contributed by atoms with Crippen molar-refractivity contribution in [3.8, 4) is 6.07 Å². The summed E-state index contributed by atoms with van der Waals surface area (Å²) in [5, 5.41) is 8.51. The number of hydrogen-bond acceptors (Lipinski definition) is 3. The van der Waals surface area contributed by atoms with E-state index in [1.54, 1.807) is 0 Å². The fourth-order valence-corrected chi connectivity index (χ4v) is 1.78. The zero-order chi connectivity index (χ0) is 11.4. The molecule has 1 heterocycles. The van der Waals surface area contributed by atoms with Crippen LogP contribution in [0.5, 0.6) is 0 Å². The Morgan fingerprint density at radius 2 is 2.20 bits per heavy atom. The van der Waals surface area contributed by atoms with E-state index in [1.165, 1.54) is 6.07 Å². The van der Waals surface area contributed by atoms with Crippen molar-refractivity contribution in [3.63, 3.8) is 0 Å². The van der Waals surface area contributed by atoms with E-state index >= 15 is 0 Å². The molecule has 0 amide bonds. The van der Waals surface area contributed by atoms with Gasteiger partial charge in [-0.05, 0) is 28.7 Å². The average Bonchev–Trinajstić information content (AvgIpc) is 2.20. The number of nitriles is 1. The van der Waals surface area contributed by atoms with E-state index < -0.39 is 6.43 Å². The average molecular weight is 323 g/mol. The quantitative estimate of drug-likeness (QED) is 0.867. The summed E-state index contributed by atoms with van der Waals surface area (Å²) >= 11 is 1.89. The minimum Gasteiger partial charge on any atom is -0.325 e. The van der Waals surface area contributed by atoms with Crippen LogP contribution in [0.15, 0.2) is 6.07 Å². The third-order valence-corrected chi connectivity index (χ3v) is 2.77. The maximum atomic E-state index is 12.5. The minimum atomic E-state index is -2.58. The van der Waals surface area contributed by atoms with Gasteiger partial charge in [-0.15, -0.1) is 0 Å². The Morgan fingerprint density at radius 3 is 2.67 bits per heavy atom. The number of alkyl halides is 2. The van der Waals surface area contributed by atoms with Crippen molar-refractivity contribution in [1.29, 1.82) is 5.26 Å². The van der Waals surface area contributed by atoms with Crippen LogP contribution in [-0.2, 0) is 13.0 Å². The number of pyridine rings is 1. The molecule has 2 N–H and O–H groups in total. The largest absolute Gasteiger partial charge is 0.325 e. The van der Waals surface area contributed by atoms with Crippen molar-refractivity contribution in [2.45, 2.75) is 19.4 Å². The van der Waals surface area contributed by atoms with Gasteiger partial charge in [0.25, 0.3) is 6.43 Å². The van der Waals surface area contributed by atoms with Gasteiger partial charge in [-0.3, -0.25) is 4.98 Å². The third kappa shape index (κ3) is 2.82. The predicted molar refractivity (Wildman–Crippen MR) is 59.1 cm³/mol. The highest BCUT2D eigenvalue weighted by molar-refractivity contribution is 14.1. The minimum absolute atomic E-state index is 0.0466. The zero-order valence-corrected chi connectivity index (χ0v) is 9.83. The lowest BCUT2D eigenvalue weighted by atomic mass is 10.1.